The van der Waals surface area contributed by atoms with Gasteiger partial charge in [0.05, 0.1) is 18.1 Å². The molecular weight excluding hydrogens is 477 g/mol. The molecule has 0 unspecified atom stereocenters. The highest BCUT2D eigenvalue weighted by atomic mass is 19.2. The van der Waals surface area contributed by atoms with Gasteiger partial charge in [-0.2, -0.15) is 8.78 Å². The molecule has 0 aliphatic carbocycles. The molecule has 0 fully saturated rings. The number of methoxy groups -OCH3 is 1. The van der Waals surface area contributed by atoms with Crippen molar-refractivity contribution in [2.24, 2.45) is 0 Å². The molecule has 0 atom stereocenters. The summed E-state index contributed by atoms with van der Waals surface area (Å²) in [6, 6.07) is 12.2. The van der Waals surface area contributed by atoms with E-state index in [0.717, 1.165) is 0 Å². The molecule has 1 aromatic heterocycles. The van der Waals surface area contributed by atoms with Crippen molar-refractivity contribution in [2.75, 3.05) is 19.0 Å². The van der Waals surface area contributed by atoms with Crippen LogP contribution in [0, 0.1) is 29.1 Å². The van der Waals surface area contributed by atoms with E-state index in [2.05, 4.69) is 10.1 Å². The Labute approximate surface area is 193 Å². The molecule has 180 valence electrons. The summed E-state index contributed by atoms with van der Waals surface area (Å²) in [6.45, 7) is -1.07. The SMILES string of the molecule is COc1ccccc1-c1cc(=O)c2ccc(NC(=O)COc3c(F)c(F)c(F)c(F)c3F)cc2o1. The highest BCUT2D eigenvalue weighted by Crippen LogP contribution is 2.31. The number of ether oxygens (including phenoxy) is 2. The molecule has 11 heteroatoms. The van der Waals surface area contributed by atoms with E-state index in [9.17, 15) is 31.5 Å². The molecular formula is C24H14F5NO5. The lowest BCUT2D eigenvalue weighted by molar-refractivity contribution is -0.118. The van der Waals surface area contributed by atoms with Crippen LogP contribution in [0.3, 0.4) is 0 Å². The average molecular weight is 491 g/mol. The second kappa shape index (κ2) is 9.45. The predicted octanol–water partition coefficient (Wildman–Crippen LogP) is 5.18. The fourth-order valence-corrected chi connectivity index (χ4v) is 3.26. The summed E-state index contributed by atoms with van der Waals surface area (Å²) in [5.74, 6) is -13.0. The third-order valence-electron chi connectivity index (χ3n) is 4.90. The van der Waals surface area contributed by atoms with E-state index in [1.54, 1.807) is 24.3 Å². The molecule has 0 spiro atoms. The van der Waals surface area contributed by atoms with Crippen molar-refractivity contribution in [3.8, 4) is 22.8 Å². The van der Waals surface area contributed by atoms with Gasteiger partial charge in [-0.3, -0.25) is 9.59 Å². The van der Waals surface area contributed by atoms with Crippen molar-refractivity contribution in [3.63, 3.8) is 0 Å². The number of amides is 1. The molecule has 1 amide bonds. The van der Waals surface area contributed by atoms with E-state index in [0.29, 0.717) is 11.3 Å². The average Bonchev–Trinajstić information content (AvgIpc) is 2.86. The highest BCUT2D eigenvalue weighted by molar-refractivity contribution is 5.94. The molecule has 1 N–H and O–H groups in total. The first-order chi connectivity index (χ1) is 16.7. The summed E-state index contributed by atoms with van der Waals surface area (Å²) >= 11 is 0. The first-order valence-electron chi connectivity index (χ1n) is 9.86. The third kappa shape index (κ3) is 4.52. The van der Waals surface area contributed by atoms with Gasteiger partial charge in [0.25, 0.3) is 5.91 Å². The zero-order chi connectivity index (χ0) is 25.3. The summed E-state index contributed by atoms with van der Waals surface area (Å²) in [4.78, 5) is 24.7. The number of hydrogen-bond acceptors (Lipinski definition) is 5. The Balaban J connectivity index is 1.57. The number of carbonyl (C=O) groups excluding carboxylic acids is 1. The maximum Gasteiger partial charge on any atom is 0.262 e. The lowest BCUT2D eigenvalue weighted by atomic mass is 10.1. The minimum atomic E-state index is -2.35. The first-order valence-corrected chi connectivity index (χ1v) is 9.86. The number of hydrogen-bond donors (Lipinski definition) is 1. The summed E-state index contributed by atoms with van der Waals surface area (Å²) in [5, 5.41) is 2.54. The van der Waals surface area contributed by atoms with Crippen molar-refractivity contribution in [3.05, 3.63) is 87.8 Å². The second-order valence-corrected chi connectivity index (χ2v) is 7.12. The Hall–Kier alpha value is -4.41. The Bertz CT molecular complexity index is 1490. The van der Waals surface area contributed by atoms with E-state index in [1.807, 2.05) is 0 Å². The van der Waals surface area contributed by atoms with E-state index in [1.165, 1.54) is 31.4 Å². The minimum absolute atomic E-state index is 0.108. The van der Waals surface area contributed by atoms with Crippen molar-refractivity contribution in [1.82, 2.24) is 0 Å². The van der Waals surface area contributed by atoms with Crippen molar-refractivity contribution < 1.29 is 40.6 Å². The fourth-order valence-electron chi connectivity index (χ4n) is 3.26. The number of para-hydroxylation sites is 1. The summed E-state index contributed by atoms with van der Waals surface area (Å²) in [6.07, 6.45) is 0. The zero-order valence-corrected chi connectivity index (χ0v) is 17.8. The van der Waals surface area contributed by atoms with Crippen LogP contribution in [0.4, 0.5) is 27.6 Å². The Morgan fingerprint density at radius 2 is 1.57 bits per heavy atom. The lowest BCUT2D eigenvalue weighted by Gasteiger charge is -2.11. The zero-order valence-electron chi connectivity index (χ0n) is 17.8. The molecule has 0 aliphatic rings. The number of anilines is 1. The van der Waals surface area contributed by atoms with Crippen LogP contribution < -0.4 is 20.2 Å². The highest BCUT2D eigenvalue weighted by Gasteiger charge is 2.27. The molecule has 6 nitrogen and oxygen atoms in total. The van der Waals surface area contributed by atoms with Gasteiger partial charge >= 0.3 is 0 Å². The van der Waals surface area contributed by atoms with Crippen molar-refractivity contribution in [1.29, 1.82) is 0 Å². The van der Waals surface area contributed by atoms with Crippen LogP contribution in [0.5, 0.6) is 11.5 Å². The molecule has 35 heavy (non-hydrogen) atoms. The standard InChI is InChI=1S/C24H14F5NO5/c1-33-15-5-3-2-4-13(15)17-9-14(31)12-7-6-11(8-16(12)35-17)30-18(32)10-34-24-22(28)20(26)19(25)21(27)23(24)29/h2-9H,10H2,1H3,(H,30,32). The Kier molecular flexibility index (Phi) is 6.41. The third-order valence-corrected chi connectivity index (χ3v) is 4.90. The normalized spacial score (nSPS) is 10.9. The summed E-state index contributed by atoms with van der Waals surface area (Å²) in [5.41, 5.74) is 0.375. The number of nitrogens with one attached hydrogen (secondary N) is 1. The number of rotatable bonds is 6. The van der Waals surface area contributed by atoms with Gasteiger partial charge in [-0.25, -0.2) is 13.2 Å². The van der Waals surface area contributed by atoms with Crippen LogP contribution in [0.15, 0.2) is 57.7 Å². The molecule has 0 radical (unpaired) electrons. The van der Waals surface area contributed by atoms with Gasteiger partial charge < -0.3 is 19.2 Å². The largest absolute Gasteiger partial charge is 0.496 e. The van der Waals surface area contributed by atoms with Crippen molar-refractivity contribution >= 4 is 22.6 Å². The molecule has 4 aromatic rings. The van der Waals surface area contributed by atoms with Gasteiger partial charge in [0.2, 0.25) is 29.1 Å². The number of fused-ring (bicyclic) bond motifs is 1. The van der Waals surface area contributed by atoms with Crippen LogP contribution in [0.2, 0.25) is 0 Å². The quantitative estimate of drug-likeness (QED) is 0.229. The molecule has 1 heterocycles. The van der Waals surface area contributed by atoms with Crippen LogP contribution in [-0.2, 0) is 4.79 Å². The molecule has 0 saturated heterocycles. The molecule has 0 aliphatic heterocycles. The van der Waals surface area contributed by atoms with Gasteiger partial charge in [-0.05, 0) is 24.3 Å². The van der Waals surface area contributed by atoms with Crippen LogP contribution in [0.1, 0.15) is 0 Å². The van der Waals surface area contributed by atoms with Gasteiger partial charge in [0, 0.05) is 17.8 Å². The smallest absolute Gasteiger partial charge is 0.262 e. The van der Waals surface area contributed by atoms with Crippen molar-refractivity contribution in [2.45, 2.75) is 0 Å². The number of halogens is 5. The fraction of sp³-hybridized carbons (Fsp3) is 0.0833. The Morgan fingerprint density at radius 1 is 0.914 bits per heavy atom. The summed E-state index contributed by atoms with van der Waals surface area (Å²) < 4.78 is 82.7. The molecule has 0 bridgehead atoms. The van der Waals surface area contributed by atoms with Gasteiger partial charge in [-0.15, -0.1) is 0 Å². The minimum Gasteiger partial charge on any atom is -0.496 e. The van der Waals surface area contributed by atoms with E-state index in [4.69, 9.17) is 9.15 Å². The van der Waals surface area contributed by atoms with Gasteiger partial charge in [0.1, 0.15) is 17.1 Å². The number of carbonyl (C=O) groups is 1. The van der Waals surface area contributed by atoms with E-state index >= 15 is 0 Å². The maximum absolute atomic E-state index is 13.7. The summed E-state index contributed by atoms with van der Waals surface area (Å²) in [7, 11) is 1.46. The van der Waals surface area contributed by atoms with Crippen LogP contribution in [-0.4, -0.2) is 19.6 Å². The number of benzene rings is 3. The molecule has 4 rings (SSSR count). The Morgan fingerprint density at radius 3 is 2.26 bits per heavy atom. The van der Waals surface area contributed by atoms with Crippen LogP contribution >= 0.6 is 0 Å². The van der Waals surface area contributed by atoms with E-state index in [-0.39, 0.29) is 27.8 Å². The predicted molar refractivity (Wildman–Crippen MR) is 115 cm³/mol. The van der Waals surface area contributed by atoms with Gasteiger partial charge in [0.15, 0.2) is 17.8 Å². The first kappa shape index (κ1) is 23.7. The monoisotopic (exact) mass is 491 g/mol. The van der Waals surface area contributed by atoms with Gasteiger partial charge in [-0.1, -0.05) is 12.1 Å². The maximum atomic E-state index is 13.7. The second-order valence-electron chi connectivity index (χ2n) is 7.12. The lowest BCUT2D eigenvalue weighted by Crippen LogP contribution is -2.21. The molecule has 3 aromatic carbocycles. The van der Waals surface area contributed by atoms with E-state index < -0.39 is 47.3 Å². The van der Waals surface area contributed by atoms with Crippen LogP contribution in [0.25, 0.3) is 22.3 Å². The molecule has 0 saturated carbocycles. The topological polar surface area (TPSA) is 77.8 Å².